The molecule has 3 N–H and O–H groups in total. The number of ether oxygens (including phenoxy) is 1. The van der Waals surface area contributed by atoms with Gasteiger partial charge < -0.3 is 15.4 Å². The Kier molecular flexibility index (Phi) is 5.74. The first-order valence-corrected chi connectivity index (χ1v) is 9.92. The number of para-hydroxylation sites is 2. The molecule has 1 aliphatic carbocycles. The van der Waals surface area contributed by atoms with Gasteiger partial charge in [-0.25, -0.2) is 4.79 Å². The zero-order valence-electron chi connectivity index (χ0n) is 16.3. The maximum absolute atomic E-state index is 12.6. The minimum atomic E-state index is -0.699. The molecule has 0 aliphatic heterocycles. The smallest absolute Gasteiger partial charge is 0.359 e. The summed E-state index contributed by atoms with van der Waals surface area (Å²) in [5, 5.41) is 13.0. The van der Waals surface area contributed by atoms with E-state index >= 15 is 0 Å². The van der Waals surface area contributed by atoms with Crippen LogP contribution < -0.4 is 10.6 Å². The van der Waals surface area contributed by atoms with Gasteiger partial charge in [0.25, 0.3) is 11.8 Å². The fourth-order valence-corrected chi connectivity index (χ4v) is 3.63. The number of aromatic amines is 1. The third kappa shape index (κ3) is 4.32. The first-order chi connectivity index (χ1) is 14.6. The molecule has 8 nitrogen and oxygen atoms in total. The van der Waals surface area contributed by atoms with Crippen LogP contribution in [-0.2, 0) is 9.53 Å². The van der Waals surface area contributed by atoms with E-state index in [1.54, 1.807) is 42.5 Å². The zero-order chi connectivity index (χ0) is 20.9. The van der Waals surface area contributed by atoms with Crippen LogP contribution >= 0.6 is 0 Å². The highest BCUT2D eigenvalue weighted by atomic mass is 16.5. The molecule has 0 radical (unpaired) electrons. The van der Waals surface area contributed by atoms with Crippen LogP contribution in [0.1, 0.15) is 46.5 Å². The van der Waals surface area contributed by atoms with E-state index in [0.29, 0.717) is 22.2 Å². The average Bonchev–Trinajstić information content (AvgIpc) is 3.42. The summed E-state index contributed by atoms with van der Waals surface area (Å²) in [4.78, 5) is 37.2. The van der Waals surface area contributed by atoms with E-state index in [1.165, 1.54) is 0 Å². The van der Waals surface area contributed by atoms with E-state index in [4.69, 9.17) is 4.74 Å². The molecule has 0 bridgehead atoms. The van der Waals surface area contributed by atoms with Crippen molar-refractivity contribution in [1.82, 2.24) is 15.5 Å². The molecule has 1 aliphatic rings. The normalized spacial score (nSPS) is 13.9. The monoisotopic (exact) mass is 406 g/mol. The van der Waals surface area contributed by atoms with Crippen LogP contribution in [0.5, 0.6) is 0 Å². The number of fused-ring (bicyclic) bond motifs is 1. The van der Waals surface area contributed by atoms with Crippen molar-refractivity contribution in [3.63, 3.8) is 0 Å². The highest BCUT2D eigenvalue weighted by Gasteiger charge is 2.21. The number of hydrogen-bond donors (Lipinski definition) is 3. The Labute approximate surface area is 173 Å². The Balaban J connectivity index is 1.37. The standard InChI is InChI=1S/C22H22N4O4/c27-19(13-30-22(29)20-15-9-3-6-12-18(15)25-26-20)24-17-11-5-4-10-16(17)21(28)23-14-7-1-2-8-14/h3-6,9-12,14H,1-2,7-8,13H2,(H,23,28)(H,24,27)(H,25,26). The van der Waals surface area contributed by atoms with Gasteiger partial charge in [-0.05, 0) is 31.0 Å². The quantitative estimate of drug-likeness (QED) is 0.545. The Morgan fingerprint density at radius 2 is 1.77 bits per heavy atom. The first-order valence-electron chi connectivity index (χ1n) is 9.92. The minimum Gasteiger partial charge on any atom is -0.451 e. The average molecular weight is 406 g/mol. The van der Waals surface area contributed by atoms with E-state index in [-0.39, 0.29) is 17.6 Å². The van der Waals surface area contributed by atoms with Gasteiger partial charge >= 0.3 is 5.97 Å². The molecular formula is C22H22N4O4. The van der Waals surface area contributed by atoms with Crippen molar-refractivity contribution < 1.29 is 19.1 Å². The molecule has 8 heteroatoms. The molecule has 0 atom stereocenters. The SMILES string of the molecule is O=C(COC(=O)c1n[nH]c2ccccc12)Nc1ccccc1C(=O)NC1CCCC1. The number of benzene rings is 2. The second-order valence-corrected chi connectivity index (χ2v) is 7.24. The van der Waals surface area contributed by atoms with Crippen molar-refractivity contribution in [3.05, 3.63) is 59.8 Å². The van der Waals surface area contributed by atoms with Crippen molar-refractivity contribution in [2.75, 3.05) is 11.9 Å². The van der Waals surface area contributed by atoms with Crippen molar-refractivity contribution >= 4 is 34.4 Å². The van der Waals surface area contributed by atoms with Crippen LogP contribution in [0.15, 0.2) is 48.5 Å². The molecule has 0 saturated heterocycles. The number of carbonyl (C=O) groups is 3. The summed E-state index contributed by atoms with van der Waals surface area (Å²) in [5.74, 6) is -1.46. The lowest BCUT2D eigenvalue weighted by molar-refractivity contribution is -0.119. The summed E-state index contributed by atoms with van der Waals surface area (Å²) in [6.45, 7) is -0.488. The molecule has 2 amide bonds. The Morgan fingerprint density at radius 3 is 2.60 bits per heavy atom. The molecular weight excluding hydrogens is 384 g/mol. The zero-order valence-corrected chi connectivity index (χ0v) is 16.3. The largest absolute Gasteiger partial charge is 0.451 e. The minimum absolute atomic E-state index is 0.120. The van der Waals surface area contributed by atoms with Crippen molar-refractivity contribution in [2.24, 2.45) is 0 Å². The maximum atomic E-state index is 12.6. The summed E-state index contributed by atoms with van der Waals surface area (Å²) in [6, 6.07) is 14.1. The maximum Gasteiger partial charge on any atom is 0.359 e. The van der Waals surface area contributed by atoms with Crippen LogP contribution in [-0.4, -0.2) is 40.6 Å². The third-order valence-corrected chi connectivity index (χ3v) is 5.13. The molecule has 1 saturated carbocycles. The number of amides is 2. The summed E-state index contributed by atoms with van der Waals surface area (Å²) in [5.41, 5.74) is 1.58. The summed E-state index contributed by atoms with van der Waals surface area (Å²) < 4.78 is 5.10. The Hall–Kier alpha value is -3.68. The summed E-state index contributed by atoms with van der Waals surface area (Å²) >= 11 is 0. The summed E-state index contributed by atoms with van der Waals surface area (Å²) in [7, 11) is 0. The molecule has 154 valence electrons. The number of H-pyrrole nitrogens is 1. The lowest BCUT2D eigenvalue weighted by Gasteiger charge is -2.15. The number of hydrogen-bond acceptors (Lipinski definition) is 5. The van der Waals surface area contributed by atoms with Crippen LogP contribution in [0, 0.1) is 0 Å². The molecule has 0 spiro atoms. The van der Waals surface area contributed by atoms with E-state index in [2.05, 4.69) is 20.8 Å². The highest BCUT2D eigenvalue weighted by molar-refractivity contribution is 6.05. The molecule has 1 fully saturated rings. The van der Waals surface area contributed by atoms with Crippen molar-refractivity contribution in [2.45, 2.75) is 31.7 Å². The fraction of sp³-hybridized carbons (Fsp3) is 0.273. The lowest BCUT2D eigenvalue weighted by Crippen LogP contribution is -2.33. The number of esters is 1. The van der Waals surface area contributed by atoms with Gasteiger partial charge in [-0.2, -0.15) is 5.10 Å². The van der Waals surface area contributed by atoms with E-state index in [1.807, 2.05) is 6.07 Å². The van der Waals surface area contributed by atoms with Crippen molar-refractivity contribution in [3.8, 4) is 0 Å². The lowest BCUT2D eigenvalue weighted by atomic mass is 10.1. The Morgan fingerprint density at radius 1 is 1.03 bits per heavy atom. The molecule has 0 unspecified atom stereocenters. The van der Waals surface area contributed by atoms with Gasteiger partial charge in [0.15, 0.2) is 12.3 Å². The molecule has 4 rings (SSSR count). The third-order valence-electron chi connectivity index (χ3n) is 5.13. The topological polar surface area (TPSA) is 113 Å². The highest BCUT2D eigenvalue weighted by Crippen LogP contribution is 2.20. The number of aromatic nitrogens is 2. The second-order valence-electron chi connectivity index (χ2n) is 7.24. The predicted molar refractivity (Wildman–Crippen MR) is 111 cm³/mol. The Bertz CT molecular complexity index is 1090. The molecule has 1 heterocycles. The summed E-state index contributed by atoms with van der Waals surface area (Å²) in [6.07, 6.45) is 4.16. The molecule has 30 heavy (non-hydrogen) atoms. The van der Waals surface area contributed by atoms with Gasteiger partial charge in [0.05, 0.1) is 16.8 Å². The van der Waals surface area contributed by atoms with Crippen molar-refractivity contribution in [1.29, 1.82) is 0 Å². The van der Waals surface area contributed by atoms with Crippen LogP contribution in [0.4, 0.5) is 5.69 Å². The molecule has 3 aromatic rings. The number of carbonyl (C=O) groups excluding carboxylic acids is 3. The predicted octanol–water partition coefficient (Wildman–Crippen LogP) is 3.03. The number of rotatable bonds is 6. The van der Waals surface area contributed by atoms with Gasteiger partial charge in [-0.3, -0.25) is 14.7 Å². The van der Waals surface area contributed by atoms with Gasteiger partial charge in [0.2, 0.25) is 0 Å². The van der Waals surface area contributed by atoms with Gasteiger partial charge in [-0.1, -0.05) is 43.2 Å². The second kappa shape index (κ2) is 8.77. The first kappa shape index (κ1) is 19.6. The van der Waals surface area contributed by atoms with Crippen LogP contribution in [0.3, 0.4) is 0 Å². The molecule has 1 aromatic heterocycles. The van der Waals surface area contributed by atoms with Gasteiger partial charge in [0.1, 0.15) is 0 Å². The number of nitrogens with zero attached hydrogens (tertiary/aromatic N) is 1. The van der Waals surface area contributed by atoms with Gasteiger partial charge in [-0.15, -0.1) is 0 Å². The number of anilines is 1. The van der Waals surface area contributed by atoms with Crippen LogP contribution in [0.25, 0.3) is 10.9 Å². The van der Waals surface area contributed by atoms with Crippen LogP contribution in [0.2, 0.25) is 0 Å². The van der Waals surface area contributed by atoms with E-state index < -0.39 is 18.5 Å². The van der Waals surface area contributed by atoms with Gasteiger partial charge in [0, 0.05) is 11.4 Å². The van der Waals surface area contributed by atoms with E-state index in [0.717, 1.165) is 25.7 Å². The van der Waals surface area contributed by atoms with E-state index in [9.17, 15) is 14.4 Å². The fourth-order valence-electron chi connectivity index (χ4n) is 3.63. The molecule has 2 aromatic carbocycles. The number of nitrogens with one attached hydrogen (secondary N) is 3.